The second-order valence-corrected chi connectivity index (χ2v) is 9.96. The van der Waals surface area contributed by atoms with E-state index in [1.165, 1.54) is 32.8 Å². The van der Waals surface area contributed by atoms with Gasteiger partial charge in [-0.25, -0.2) is 8.42 Å². The van der Waals surface area contributed by atoms with E-state index in [4.69, 9.17) is 9.52 Å². The Kier molecular flexibility index (Phi) is 7.72. The predicted molar refractivity (Wildman–Crippen MR) is 123 cm³/mol. The number of aliphatic imine (C=N–C) groups is 1. The lowest BCUT2D eigenvalue weighted by Crippen LogP contribution is -2.54. The van der Waals surface area contributed by atoms with Crippen molar-refractivity contribution in [1.29, 1.82) is 0 Å². The number of nitrogens with one attached hydrogen (secondary N) is 1. The Morgan fingerprint density at radius 1 is 1.16 bits per heavy atom. The van der Waals surface area contributed by atoms with Gasteiger partial charge >= 0.3 is 0 Å². The highest BCUT2D eigenvalue weighted by Gasteiger charge is 2.29. The first-order chi connectivity index (χ1) is 14.8. The van der Waals surface area contributed by atoms with Crippen LogP contribution in [0.25, 0.3) is 0 Å². The Labute approximate surface area is 185 Å². The molecule has 0 unspecified atom stereocenters. The van der Waals surface area contributed by atoms with Crippen LogP contribution in [0.1, 0.15) is 34.9 Å². The normalized spacial score (nSPS) is 16.0. The van der Waals surface area contributed by atoms with Gasteiger partial charge in [-0.15, -0.1) is 0 Å². The first kappa shape index (κ1) is 23.3. The predicted octanol–water partition coefficient (Wildman–Crippen LogP) is 2.26. The van der Waals surface area contributed by atoms with Crippen LogP contribution in [-0.4, -0.2) is 68.0 Å². The molecule has 0 atom stereocenters. The molecule has 1 fully saturated rings. The summed E-state index contributed by atoms with van der Waals surface area (Å²) < 4.78 is 31.6. The number of sulfonamides is 1. The topological polar surface area (TPSA) is 91.0 Å². The number of nitrogens with zero attached hydrogens (tertiary/aromatic N) is 4. The molecule has 0 amide bonds. The van der Waals surface area contributed by atoms with Crippen LogP contribution in [0.5, 0.6) is 0 Å². The minimum absolute atomic E-state index is 0.132. The fraction of sp³-hybridized carbons (Fsp3) is 0.545. The van der Waals surface area contributed by atoms with Gasteiger partial charge in [0.2, 0.25) is 10.0 Å². The zero-order chi connectivity index (χ0) is 22.4. The molecule has 0 radical (unpaired) electrons. The third-order valence-electron chi connectivity index (χ3n) is 5.55. The van der Waals surface area contributed by atoms with Gasteiger partial charge in [0, 0.05) is 45.3 Å². The smallest absolute Gasteiger partial charge is 0.220 e. The molecule has 1 aliphatic heterocycles. The minimum atomic E-state index is -3.41. The number of rotatable bonds is 7. The van der Waals surface area contributed by atoms with E-state index in [0.29, 0.717) is 38.4 Å². The summed E-state index contributed by atoms with van der Waals surface area (Å²) in [6.45, 7) is 12.0. The van der Waals surface area contributed by atoms with Crippen molar-refractivity contribution in [1.82, 2.24) is 19.7 Å². The van der Waals surface area contributed by atoms with Gasteiger partial charge < -0.3 is 14.7 Å². The molecule has 31 heavy (non-hydrogen) atoms. The van der Waals surface area contributed by atoms with Crippen LogP contribution in [-0.2, 0) is 22.2 Å². The quantitative estimate of drug-likeness (QED) is 0.517. The number of aryl methyl sites for hydroxylation is 3. The van der Waals surface area contributed by atoms with Gasteiger partial charge in [-0.1, -0.05) is 22.9 Å². The summed E-state index contributed by atoms with van der Waals surface area (Å²) in [4.78, 5) is 6.97. The van der Waals surface area contributed by atoms with Gasteiger partial charge in [0.15, 0.2) is 5.96 Å². The fourth-order valence-electron chi connectivity index (χ4n) is 4.07. The van der Waals surface area contributed by atoms with Crippen molar-refractivity contribution >= 4 is 16.0 Å². The summed E-state index contributed by atoms with van der Waals surface area (Å²) in [6, 6.07) is 6.02. The third-order valence-corrected chi connectivity index (χ3v) is 7.36. The van der Waals surface area contributed by atoms with Crippen molar-refractivity contribution in [3.63, 3.8) is 0 Å². The van der Waals surface area contributed by atoms with E-state index in [1.54, 1.807) is 6.07 Å². The highest BCUT2D eigenvalue weighted by molar-refractivity contribution is 7.88. The van der Waals surface area contributed by atoms with E-state index < -0.39 is 10.0 Å². The fourth-order valence-corrected chi connectivity index (χ4v) is 5.50. The van der Waals surface area contributed by atoms with Crippen molar-refractivity contribution in [2.45, 2.75) is 39.9 Å². The molecule has 2 aromatic rings. The van der Waals surface area contributed by atoms with Gasteiger partial charge in [0.1, 0.15) is 12.0 Å². The summed E-state index contributed by atoms with van der Waals surface area (Å²) in [7, 11) is -3.41. The van der Waals surface area contributed by atoms with Crippen LogP contribution < -0.4 is 5.32 Å². The van der Waals surface area contributed by atoms with E-state index in [-0.39, 0.29) is 5.75 Å². The summed E-state index contributed by atoms with van der Waals surface area (Å²) in [5.74, 6) is 0.714. The zero-order valence-corrected chi connectivity index (χ0v) is 19.7. The number of aromatic nitrogens is 1. The summed E-state index contributed by atoms with van der Waals surface area (Å²) in [6.07, 6.45) is 2.28. The lowest BCUT2D eigenvalue weighted by molar-refractivity contribution is 0.260. The van der Waals surface area contributed by atoms with E-state index in [9.17, 15) is 8.42 Å². The van der Waals surface area contributed by atoms with Crippen LogP contribution in [0.2, 0.25) is 0 Å². The second-order valence-electron chi connectivity index (χ2n) is 8.00. The molecule has 1 aromatic carbocycles. The van der Waals surface area contributed by atoms with Crippen LogP contribution in [0.3, 0.4) is 0 Å². The van der Waals surface area contributed by atoms with Gasteiger partial charge in [-0.2, -0.15) is 4.31 Å². The molecule has 3 rings (SSSR count). The molecule has 2 heterocycles. The average Bonchev–Trinajstić information content (AvgIpc) is 3.21. The lowest BCUT2D eigenvalue weighted by Gasteiger charge is -2.35. The molecule has 0 saturated carbocycles. The molecule has 9 heteroatoms. The van der Waals surface area contributed by atoms with Gasteiger partial charge in [0.05, 0.1) is 5.69 Å². The Bertz CT molecular complexity index is 971. The maximum atomic E-state index is 12.7. The second kappa shape index (κ2) is 10.3. The van der Waals surface area contributed by atoms with Gasteiger partial charge in [-0.3, -0.25) is 4.99 Å². The SMILES string of the molecule is CCNC(=NCCc1c(C)cc(C)cc1C)N1CCN(S(=O)(=O)Cc2ccon2)CC1. The third kappa shape index (κ3) is 6.07. The number of hydrogen-bond acceptors (Lipinski definition) is 5. The summed E-state index contributed by atoms with van der Waals surface area (Å²) >= 11 is 0. The summed E-state index contributed by atoms with van der Waals surface area (Å²) in [5.41, 5.74) is 5.69. The molecular formula is C22H33N5O3S. The Morgan fingerprint density at radius 2 is 1.84 bits per heavy atom. The number of benzene rings is 1. The first-order valence-electron chi connectivity index (χ1n) is 10.8. The van der Waals surface area contributed by atoms with Crippen LogP contribution >= 0.6 is 0 Å². The van der Waals surface area contributed by atoms with Crippen molar-refractivity contribution in [3.05, 3.63) is 52.4 Å². The maximum Gasteiger partial charge on any atom is 0.220 e. The van der Waals surface area contributed by atoms with Crippen LogP contribution in [0.15, 0.2) is 34.0 Å². The Morgan fingerprint density at radius 3 is 2.42 bits per heavy atom. The number of guanidine groups is 1. The Balaban J connectivity index is 1.60. The molecule has 170 valence electrons. The minimum Gasteiger partial charge on any atom is -0.364 e. The largest absolute Gasteiger partial charge is 0.364 e. The van der Waals surface area contributed by atoms with Gasteiger partial charge in [0.25, 0.3) is 0 Å². The molecule has 0 bridgehead atoms. The first-order valence-corrected chi connectivity index (χ1v) is 12.4. The molecule has 1 saturated heterocycles. The molecule has 1 aromatic heterocycles. The lowest BCUT2D eigenvalue weighted by atomic mass is 9.97. The molecule has 0 spiro atoms. The maximum absolute atomic E-state index is 12.7. The van der Waals surface area contributed by atoms with Crippen molar-refractivity contribution in [3.8, 4) is 0 Å². The highest BCUT2D eigenvalue weighted by atomic mass is 32.2. The van der Waals surface area contributed by atoms with E-state index in [0.717, 1.165) is 18.9 Å². The van der Waals surface area contributed by atoms with Crippen molar-refractivity contribution in [2.75, 3.05) is 39.3 Å². The zero-order valence-electron chi connectivity index (χ0n) is 18.9. The highest BCUT2D eigenvalue weighted by Crippen LogP contribution is 2.17. The molecule has 1 aliphatic rings. The summed E-state index contributed by atoms with van der Waals surface area (Å²) in [5, 5.41) is 7.07. The van der Waals surface area contributed by atoms with Crippen LogP contribution in [0, 0.1) is 20.8 Å². The average molecular weight is 448 g/mol. The van der Waals surface area contributed by atoms with Crippen molar-refractivity contribution < 1.29 is 12.9 Å². The Hall–Kier alpha value is -2.39. The molecule has 0 aliphatic carbocycles. The van der Waals surface area contributed by atoms with Crippen LogP contribution in [0.4, 0.5) is 0 Å². The molecule has 1 N–H and O–H groups in total. The van der Waals surface area contributed by atoms with Gasteiger partial charge in [-0.05, 0) is 50.8 Å². The molecular weight excluding hydrogens is 414 g/mol. The van der Waals surface area contributed by atoms with E-state index >= 15 is 0 Å². The number of piperazine rings is 1. The monoisotopic (exact) mass is 447 g/mol. The molecule has 8 nitrogen and oxygen atoms in total. The van der Waals surface area contributed by atoms with Crippen molar-refractivity contribution in [2.24, 2.45) is 4.99 Å². The van der Waals surface area contributed by atoms with E-state index in [2.05, 4.69) is 48.3 Å². The number of hydrogen-bond donors (Lipinski definition) is 1. The van der Waals surface area contributed by atoms with E-state index in [1.807, 2.05) is 6.92 Å². The standard InChI is InChI=1S/C22H33N5O3S/c1-5-23-22(24-8-6-21-18(3)14-17(2)15-19(21)4)26-9-11-27(12-10-26)31(28,29)16-20-7-13-30-25-20/h7,13-15H,5-6,8-12,16H2,1-4H3,(H,23,24).